The number of aryl methyl sites for hydroxylation is 2. The summed E-state index contributed by atoms with van der Waals surface area (Å²) in [6.45, 7) is 5.32. The molecule has 0 fully saturated rings. The van der Waals surface area contributed by atoms with E-state index in [2.05, 4.69) is 38.1 Å². The average molecular weight is 166 g/mol. The molecule has 12 heavy (non-hydrogen) atoms. The van der Waals surface area contributed by atoms with E-state index in [-0.39, 0.29) is 0 Å². The monoisotopic (exact) mass is 166 g/mol. The smallest absolute Gasteiger partial charge is 0.300 e. The molecular formula is C10H14O2. The van der Waals surface area contributed by atoms with Gasteiger partial charge in [0.2, 0.25) is 0 Å². The van der Waals surface area contributed by atoms with Crippen LogP contribution in [0.4, 0.5) is 0 Å². The summed E-state index contributed by atoms with van der Waals surface area (Å²) in [6, 6.07) is 8.36. The lowest BCUT2D eigenvalue weighted by atomic mass is 10.1. The lowest BCUT2D eigenvalue weighted by Gasteiger charge is -1.93. The minimum atomic E-state index is -0.833. The Hall–Kier alpha value is -1.31. The first-order valence-electron chi connectivity index (χ1n) is 3.76. The molecule has 0 aliphatic heterocycles. The summed E-state index contributed by atoms with van der Waals surface area (Å²) in [7, 11) is 0. The molecule has 66 valence electrons. The maximum atomic E-state index is 9.00. The van der Waals surface area contributed by atoms with Gasteiger partial charge in [-0.05, 0) is 25.0 Å². The standard InChI is InChI=1S/C8H10.C2H4O2/c1-7-5-3-4-6-8(7)2;1-2(3)4/h3-6H,1-2H3;1H3,(H,3,4). The number of benzene rings is 1. The van der Waals surface area contributed by atoms with Gasteiger partial charge in [0.25, 0.3) is 5.97 Å². The second kappa shape index (κ2) is 5.35. The average Bonchev–Trinajstić information content (AvgIpc) is 1.94. The second-order valence-electron chi connectivity index (χ2n) is 2.60. The van der Waals surface area contributed by atoms with Gasteiger partial charge in [0.15, 0.2) is 0 Å². The highest BCUT2D eigenvalue weighted by Gasteiger charge is 1.83. The highest BCUT2D eigenvalue weighted by molar-refractivity contribution is 5.62. The third-order valence-corrected chi connectivity index (χ3v) is 1.43. The van der Waals surface area contributed by atoms with E-state index in [1.807, 2.05) is 0 Å². The molecule has 0 atom stereocenters. The molecular weight excluding hydrogens is 152 g/mol. The zero-order valence-electron chi connectivity index (χ0n) is 7.66. The fourth-order valence-corrected chi connectivity index (χ4v) is 0.663. The van der Waals surface area contributed by atoms with Crippen molar-refractivity contribution in [1.82, 2.24) is 0 Å². The lowest BCUT2D eigenvalue weighted by Crippen LogP contribution is -1.78. The van der Waals surface area contributed by atoms with Crippen molar-refractivity contribution in [3.63, 3.8) is 0 Å². The molecule has 0 saturated carbocycles. The van der Waals surface area contributed by atoms with Crippen molar-refractivity contribution in [1.29, 1.82) is 0 Å². The van der Waals surface area contributed by atoms with Gasteiger partial charge < -0.3 is 5.11 Å². The number of carbonyl (C=O) groups is 1. The summed E-state index contributed by atoms with van der Waals surface area (Å²) in [4.78, 5) is 9.00. The summed E-state index contributed by atoms with van der Waals surface area (Å²) in [5, 5.41) is 7.42. The SMILES string of the molecule is CC(=O)O.Cc1ccccc1C. The number of rotatable bonds is 0. The van der Waals surface area contributed by atoms with Crippen LogP contribution in [0.15, 0.2) is 24.3 Å². The Morgan fingerprint density at radius 2 is 1.42 bits per heavy atom. The molecule has 0 spiro atoms. The van der Waals surface area contributed by atoms with E-state index in [1.165, 1.54) is 11.1 Å². The molecule has 1 aromatic rings. The molecule has 2 nitrogen and oxygen atoms in total. The Labute approximate surface area is 72.9 Å². The first-order chi connectivity index (χ1) is 5.54. The van der Waals surface area contributed by atoms with Crippen molar-refractivity contribution in [2.75, 3.05) is 0 Å². The van der Waals surface area contributed by atoms with Crippen LogP contribution < -0.4 is 0 Å². The van der Waals surface area contributed by atoms with Crippen LogP contribution in [0.3, 0.4) is 0 Å². The van der Waals surface area contributed by atoms with E-state index in [9.17, 15) is 0 Å². The van der Waals surface area contributed by atoms with Gasteiger partial charge in [0.05, 0.1) is 0 Å². The van der Waals surface area contributed by atoms with Crippen LogP contribution in [0, 0.1) is 13.8 Å². The topological polar surface area (TPSA) is 37.3 Å². The van der Waals surface area contributed by atoms with Crippen LogP contribution in [-0.2, 0) is 4.79 Å². The van der Waals surface area contributed by atoms with Crippen molar-refractivity contribution in [2.24, 2.45) is 0 Å². The Balaban J connectivity index is 0.000000261. The predicted molar refractivity (Wildman–Crippen MR) is 49.2 cm³/mol. The van der Waals surface area contributed by atoms with Gasteiger partial charge in [-0.3, -0.25) is 4.79 Å². The summed E-state index contributed by atoms with van der Waals surface area (Å²) in [5.41, 5.74) is 2.74. The van der Waals surface area contributed by atoms with Gasteiger partial charge in [0, 0.05) is 6.92 Å². The number of aliphatic carboxylic acids is 1. The third-order valence-electron chi connectivity index (χ3n) is 1.43. The van der Waals surface area contributed by atoms with Gasteiger partial charge in [0.1, 0.15) is 0 Å². The normalized spacial score (nSPS) is 8.25. The molecule has 0 amide bonds. The van der Waals surface area contributed by atoms with E-state index < -0.39 is 5.97 Å². The highest BCUT2D eigenvalue weighted by atomic mass is 16.4. The van der Waals surface area contributed by atoms with E-state index in [0.717, 1.165) is 6.92 Å². The van der Waals surface area contributed by atoms with Crippen molar-refractivity contribution in [3.05, 3.63) is 35.4 Å². The maximum Gasteiger partial charge on any atom is 0.300 e. The minimum Gasteiger partial charge on any atom is -0.481 e. The van der Waals surface area contributed by atoms with Crippen LogP contribution in [0.5, 0.6) is 0 Å². The van der Waals surface area contributed by atoms with Crippen LogP contribution in [0.1, 0.15) is 18.1 Å². The molecule has 1 aromatic carbocycles. The summed E-state index contributed by atoms with van der Waals surface area (Å²) in [5.74, 6) is -0.833. The van der Waals surface area contributed by atoms with Gasteiger partial charge in [-0.1, -0.05) is 24.3 Å². The molecule has 0 aliphatic rings. The van der Waals surface area contributed by atoms with Gasteiger partial charge in [-0.2, -0.15) is 0 Å². The van der Waals surface area contributed by atoms with E-state index in [4.69, 9.17) is 9.90 Å². The van der Waals surface area contributed by atoms with Crippen LogP contribution in [0.2, 0.25) is 0 Å². The Morgan fingerprint density at radius 1 is 1.17 bits per heavy atom. The number of hydrogen-bond acceptors (Lipinski definition) is 1. The molecule has 2 heteroatoms. The number of carboxylic acids is 1. The molecule has 0 radical (unpaired) electrons. The fourth-order valence-electron chi connectivity index (χ4n) is 0.663. The molecule has 0 bridgehead atoms. The molecule has 0 saturated heterocycles. The Kier molecular flexibility index (Phi) is 4.77. The van der Waals surface area contributed by atoms with Gasteiger partial charge in [-0.15, -0.1) is 0 Å². The molecule has 0 unspecified atom stereocenters. The lowest BCUT2D eigenvalue weighted by molar-refractivity contribution is -0.134. The van der Waals surface area contributed by atoms with Gasteiger partial charge in [-0.25, -0.2) is 0 Å². The van der Waals surface area contributed by atoms with Crippen molar-refractivity contribution >= 4 is 5.97 Å². The quantitative estimate of drug-likeness (QED) is 0.642. The molecule has 1 N–H and O–H groups in total. The predicted octanol–water partition coefficient (Wildman–Crippen LogP) is 2.39. The fraction of sp³-hybridized carbons (Fsp3) is 0.300. The second-order valence-corrected chi connectivity index (χ2v) is 2.60. The third kappa shape index (κ3) is 5.47. The zero-order valence-corrected chi connectivity index (χ0v) is 7.66. The molecule has 0 heterocycles. The summed E-state index contributed by atoms with van der Waals surface area (Å²) in [6.07, 6.45) is 0. The maximum absolute atomic E-state index is 9.00. The minimum absolute atomic E-state index is 0.833. The number of hydrogen-bond donors (Lipinski definition) is 1. The van der Waals surface area contributed by atoms with Crippen LogP contribution in [0.25, 0.3) is 0 Å². The van der Waals surface area contributed by atoms with Crippen LogP contribution >= 0.6 is 0 Å². The van der Waals surface area contributed by atoms with Crippen molar-refractivity contribution < 1.29 is 9.90 Å². The van der Waals surface area contributed by atoms with Crippen molar-refractivity contribution in [3.8, 4) is 0 Å². The van der Waals surface area contributed by atoms with E-state index >= 15 is 0 Å². The first kappa shape index (κ1) is 10.7. The Bertz CT molecular complexity index is 229. The highest BCUT2D eigenvalue weighted by Crippen LogP contribution is 2.02. The molecule has 0 aromatic heterocycles. The van der Waals surface area contributed by atoms with Gasteiger partial charge >= 0.3 is 0 Å². The molecule has 1 rings (SSSR count). The van der Waals surface area contributed by atoms with Crippen molar-refractivity contribution in [2.45, 2.75) is 20.8 Å². The molecule has 0 aliphatic carbocycles. The van der Waals surface area contributed by atoms with Crippen LogP contribution in [-0.4, -0.2) is 11.1 Å². The number of carboxylic acid groups (broad SMARTS) is 1. The summed E-state index contributed by atoms with van der Waals surface area (Å²) < 4.78 is 0. The largest absolute Gasteiger partial charge is 0.481 e. The summed E-state index contributed by atoms with van der Waals surface area (Å²) >= 11 is 0. The van der Waals surface area contributed by atoms with E-state index in [0.29, 0.717) is 0 Å². The first-order valence-corrected chi connectivity index (χ1v) is 3.76. The zero-order chi connectivity index (χ0) is 9.56. The Morgan fingerprint density at radius 3 is 1.58 bits per heavy atom. The van der Waals surface area contributed by atoms with E-state index in [1.54, 1.807) is 0 Å².